The Morgan fingerprint density at radius 3 is 2.53 bits per heavy atom. The molecule has 0 fully saturated rings. The smallest absolute Gasteiger partial charge is 0.400 e. The summed E-state index contributed by atoms with van der Waals surface area (Å²) in [4.78, 5) is 33.0. The van der Waals surface area contributed by atoms with Crippen LogP contribution in [0.2, 0.25) is 0 Å². The van der Waals surface area contributed by atoms with Crippen LogP contribution in [-0.2, 0) is 11.9 Å². The Morgan fingerprint density at radius 1 is 1.20 bits per heavy atom. The molecule has 0 aliphatic rings. The van der Waals surface area contributed by atoms with Crippen molar-refractivity contribution in [3.05, 3.63) is 68.8 Å². The quantitative estimate of drug-likeness (QED) is 0.345. The summed E-state index contributed by atoms with van der Waals surface area (Å²) in [7, 11) is 1.66. The third kappa shape index (κ3) is 3.66. The van der Waals surface area contributed by atoms with Crippen LogP contribution in [0.4, 0.5) is 26.0 Å². The number of oxazole rings is 1. The van der Waals surface area contributed by atoms with Crippen LogP contribution < -0.4 is 21.1 Å². The lowest BCUT2D eigenvalue weighted by Gasteiger charge is -2.23. The third-order valence-electron chi connectivity index (χ3n) is 4.25. The van der Waals surface area contributed by atoms with Crippen molar-refractivity contribution in [3.8, 4) is 11.4 Å². The summed E-state index contributed by atoms with van der Waals surface area (Å²) in [5.41, 5.74) is 0.335. The van der Waals surface area contributed by atoms with Crippen molar-refractivity contribution in [2.75, 3.05) is 17.3 Å². The minimum atomic E-state index is -3.74. The van der Waals surface area contributed by atoms with Crippen LogP contribution in [-0.4, -0.2) is 22.2 Å². The Labute approximate surface area is 171 Å². The molecule has 9 nitrogen and oxygen atoms in total. The number of halogens is 3. The minimum Gasteiger partial charge on any atom is -0.449 e. The van der Waals surface area contributed by atoms with Gasteiger partial charge in [-0.3, -0.25) is 9.59 Å². The molecule has 12 heteroatoms. The van der Waals surface area contributed by atoms with Gasteiger partial charge in [-0.25, -0.2) is 0 Å². The van der Waals surface area contributed by atoms with Crippen molar-refractivity contribution in [3.63, 3.8) is 0 Å². The van der Waals surface area contributed by atoms with Crippen LogP contribution in [0.1, 0.15) is 11.5 Å². The van der Waals surface area contributed by atoms with Crippen LogP contribution in [0, 0.1) is 0 Å². The fraction of sp³-hybridized carbons (Fsp3) is 0.167. The van der Waals surface area contributed by atoms with Crippen molar-refractivity contribution >= 4 is 28.8 Å². The van der Waals surface area contributed by atoms with Gasteiger partial charge in [-0.2, -0.15) is 18.7 Å². The number of rotatable bonds is 7. The zero-order valence-electron chi connectivity index (χ0n) is 15.2. The predicted octanol–water partition coefficient (Wildman–Crippen LogP) is 2.99. The summed E-state index contributed by atoms with van der Waals surface area (Å²) < 4.78 is 35.3. The second kappa shape index (κ2) is 7.34. The molecule has 0 unspecified atom stereocenters. The number of hydrogen-bond acceptors (Lipinski definition) is 9. The molecule has 2 aromatic heterocycles. The maximum absolute atomic E-state index is 13.0. The van der Waals surface area contributed by atoms with E-state index in [1.54, 1.807) is 36.2 Å². The Balaban J connectivity index is 1.49. The molecule has 0 atom stereocenters. The highest BCUT2D eigenvalue weighted by molar-refractivity contribution is 6.21. The first-order chi connectivity index (χ1) is 14.2. The molecule has 0 radical (unpaired) electrons. The van der Waals surface area contributed by atoms with E-state index in [0.717, 1.165) is 5.56 Å². The van der Waals surface area contributed by atoms with Gasteiger partial charge in [-0.1, -0.05) is 29.4 Å². The summed E-state index contributed by atoms with van der Waals surface area (Å²) in [5.74, 6) is -0.717. The average Bonchev–Trinajstić information content (AvgIpc) is 3.39. The SMILES string of the molecule is CN(Cc1ccc(-c2noc(C(F)(F)Cl)n2)cc1)c1c(Nc2cocn2)c(=O)c1=O. The van der Waals surface area contributed by atoms with Gasteiger partial charge in [-0.05, 0) is 17.2 Å². The molecule has 0 aliphatic carbocycles. The first-order valence-corrected chi connectivity index (χ1v) is 8.81. The topological polar surface area (TPSA) is 114 Å². The van der Waals surface area contributed by atoms with E-state index in [1.807, 2.05) is 0 Å². The van der Waals surface area contributed by atoms with Crippen LogP contribution in [0.25, 0.3) is 11.4 Å². The monoisotopic (exact) mass is 435 g/mol. The van der Waals surface area contributed by atoms with Gasteiger partial charge in [0.25, 0.3) is 10.9 Å². The Bertz CT molecular complexity index is 1240. The highest BCUT2D eigenvalue weighted by Crippen LogP contribution is 2.32. The molecular formula is C18H12ClF2N5O4. The van der Waals surface area contributed by atoms with Gasteiger partial charge in [-0.15, -0.1) is 0 Å². The zero-order valence-corrected chi connectivity index (χ0v) is 16.0. The summed E-state index contributed by atoms with van der Waals surface area (Å²) in [6.07, 6.45) is 2.50. The minimum absolute atomic E-state index is 0.0354. The highest BCUT2D eigenvalue weighted by Gasteiger charge is 2.35. The number of hydrogen-bond donors (Lipinski definition) is 1. The van der Waals surface area contributed by atoms with E-state index in [4.69, 9.17) is 16.0 Å². The molecule has 0 saturated carbocycles. The molecular weight excluding hydrogens is 424 g/mol. The fourth-order valence-corrected chi connectivity index (χ4v) is 2.91. The molecule has 2 heterocycles. The second-order valence-electron chi connectivity index (χ2n) is 6.35. The van der Waals surface area contributed by atoms with E-state index in [0.29, 0.717) is 17.9 Å². The Morgan fingerprint density at radius 2 is 1.93 bits per heavy atom. The van der Waals surface area contributed by atoms with Crippen LogP contribution in [0.15, 0.2) is 55.5 Å². The summed E-state index contributed by atoms with van der Waals surface area (Å²) in [5, 5.41) is 2.51. The maximum Gasteiger partial charge on any atom is 0.400 e. The lowest BCUT2D eigenvalue weighted by atomic mass is 10.1. The van der Waals surface area contributed by atoms with Gasteiger partial charge in [0.15, 0.2) is 12.2 Å². The van der Waals surface area contributed by atoms with Gasteiger partial charge in [0.2, 0.25) is 5.82 Å². The molecule has 0 aliphatic heterocycles. The normalized spacial score (nSPS) is 11.7. The number of benzene rings is 1. The summed E-state index contributed by atoms with van der Waals surface area (Å²) in [6, 6.07) is 6.63. The molecule has 0 saturated heterocycles. The zero-order chi connectivity index (χ0) is 21.5. The number of alkyl halides is 3. The van der Waals surface area contributed by atoms with Crippen molar-refractivity contribution < 1.29 is 17.7 Å². The lowest BCUT2D eigenvalue weighted by Crippen LogP contribution is -2.40. The van der Waals surface area contributed by atoms with Crippen molar-refractivity contribution in [1.82, 2.24) is 15.1 Å². The third-order valence-corrected chi connectivity index (χ3v) is 4.41. The molecule has 154 valence electrons. The van der Waals surface area contributed by atoms with Crippen LogP contribution >= 0.6 is 11.6 Å². The van der Waals surface area contributed by atoms with E-state index in [9.17, 15) is 18.4 Å². The van der Waals surface area contributed by atoms with E-state index in [-0.39, 0.29) is 17.2 Å². The van der Waals surface area contributed by atoms with E-state index < -0.39 is 22.1 Å². The van der Waals surface area contributed by atoms with Crippen LogP contribution in [0.3, 0.4) is 0 Å². The Kier molecular flexibility index (Phi) is 4.82. The molecule has 0 spiro atoms. The van der Waals surface area contributed by atoms with Gasteiger partial charge in [0.1, 0.15) is 17.6 Å². The molecule has 4 rings (SSSR count). The standard InChI is InChI=1S/C18H12ClF2N5O4/c1-26(13-12(14(27)15(13)28)23-11-7-29-8-22-11)6-9-2-4-10(5-3-9)16-24-17(30-25-16)18(19,20)21/h2-5,7-8,23H,6H2,1H3. The van der Waals surface area contributed by atoms with Gasteiger partial charge >= 0.3 is 11.3 Å². The molecule has 30 heavy (non-hydrogen) atoms. The van der Waals surface area contributed by atoms with Gasteiger partial charge in [0, 0.05) is 19.2 Å². The number of anilines is 3. The van der Waals surface area contributed by atoms with Crippen LogP contribution in [0.5, 0.6) is 0 Å². The van der Waals surface area contributed by atoms with Gasteiger partial charge in [0.05, 0.1) is 0 Å². The first kappa shape index (κ1) is 19.7. The fourth-order valence-electron chi connectivity index (χ4n) is 2.83. The Hall–Kier alpha value is -3.60. The predicted molar refractivity (Wildman–Crippen MR) is 103 cm³/mol. The maximum atomic E-state index is 13.0. The van der Waals surface area contributed by atoms with E-state index in [1.165, 1.54) is 12.7 Å². The van der Waals surface area contributed by atoms with E-state index in [2.05, 4.69) is 25.0 Å². The summed E-state index contributed by atoms with van der Waals surface area (Å²) in [6.45, 7) is 0.301. The summed E-state index contributed by atoms with van der Waals surface area (Å²) >= 11 is 4.86. The number of aromatic nitrogens is 3. The lowest BCUT2D eigenvalue weighted by molar-refractivity contribution is 0.0551. The highest BCUT2D eigenvalue weighted by atomic mass is 35.5. The van der Waals surface area contributed by atoms with Gasteiger partial charge < -0.3 is 19.2 Å². The molecule has 0 amide bonds. The largest absolute Gasteiger partial charge is 0.449 e. The number of nitrogens with zero attached hydrogens (tertiary/aromatic N) is 4. The first-order valence-electron chi connectivity index (χ1n) is 8.44. The molecule has 1 N–H and O–H groups in total. The second-order valence-corrected chi connectivity index (χ2v) is 6.83. The molecule has 0 bridgehead atoms. The number of nitrogens with one attached hydrogen (secondary N) is 1. The van der Waals surface area contributed by atoms with E-state index >= 15 is 0 Å². The van der Waals surface area contributed by atoms with Crippen molar-refractivity contribution in [2.24, 2.45) is 0 Å². The molecule has 2 aromatic carbocycles. The molecule has 4 aromatic rings. The van der Waals surface area contributed by atoms with Crippen molar-refractivity contribution in [2.45, 2.75) is 11.9 Å². The average molecular weight is 436 g/mol. The van der Waals surface area contributed by atoms with Crippen molar-refractivity contribution in [1.29, 1.82) is 0 Å².